The van der Waals surface area contributed by atoms with E-state index in [0.717, 1.165) is 55.7 Å². The molecule has 0 amide bonds. The molecule has 5 aromatic carbocycles. The Morgan fingerprint density at radius 3 is 2.07 bits per heavy atom. The lowest BCUT2D eigenvalue weighted by Crippen LogP contribution is -2.17. The van der Waals surface area contributed by atoms with E-state index in [1.54, 1.807) is 12.1 Å². The molecule has 1 aliphatic rings. The summed E-state index contributed by atoms with van der Waals surface area (Å²) in [6.07, 6.45) is 1.85. The lowest BCUT2D eigenvalue weighted by molar-refractivity contribution is 0.483. The van der Waals surface area contributed by atoms with E-state index in [-0.39, 0.29) is 21.8 Å². The van der Waals surface area contributed by atoms with Crippen LogP contribution in [0.15, 0.2) is 115 Å². The zero-order valence-corrected chi connectivity index (χ0v) is 33.6. The molecule has 0 atom stereocenters. The summed E-state index contributed by atoms with van der Waals surface area (Å²) in [5.41, 5.74) is 8.69. The number of aryl methyl sites for hydroxylation is 1. The van der Waals surface area contributed by atoms with Crippen molar-refractivity contribution in [3.8, 4) is 23.4 Å². The van der Waals surface area contributed by atoms with Crippen molar-refractivity contribution in [3.63, 3.8) is 0 Å². The molecule has 3 heterocycles. The van der Waals surface area contributed by atoms with Gasteiger partial charge in [-0.15, -0.1) is 0 Å². The fourth-order valence-corrected chi connectivity index (χ4v) is 7.35. The van der Waals surface area contributed by atoms with Gasteiger partial charge in [0, 0.05) is 57.0 Å². The largest absolute Gasteiger partial charge is 0.503 e. The quantitative estimate of drug-likeness (QED) is 0.165. The van der Waals surface area contributed by atoms with Crippen LogP contribution in [0.4, 0.5) is 22.7 Å². The molecule has 0 N–H and O–H groups in total. The summed E-state index contributed by atoms with van der Waals surface area (Å²) in [4.78, 5) is 4.81. The number of hydrogen-bond acceptors (Lipinski definition) is 3. The number of para-hydroxylation sites is 1. The molecule has 6 nitrogen and oxygen atoms in total. The molecule has 0 bridgehead atoms. The third-order valence-corrected chi connectivity index (χ3v) is 10.6. The van der Waals surface area contributed by atoms with Crippen LogP contribution < -0.4 is 13.9 Å². The molecule has 6 heteroatoms. The summed E-state index contributed by atoms with van der Waals surface area (Å²) < 4.78 is 38.2. The second-order valence-corrected chi connectivity index (χ2v) is 17.8. The van der Waals surface area contributed by atoms with Crippen molar-refractivity contribution in [1.29, 1.82) is 5.26 Å². The Morgan fingerprint density at radius 2 is 1.38 bits per heavy atom. The number of aromatic nitrogens is 2. The predicted molar refractivity (Wildman–Crippen MR) is 231 cm³/mol. The molecule has 0 radical (unpaired) electrons. The van der Waals surface area contributed by atoms with Gasteiger partial charge in [0.1, 0.15) is 17.3 Å². The van der Waals surface area contributed by atoms with Gasteiger partial charge in [-0.3, -0.25) is 4.57 Å². The normalized spacial score (nSPS) is 14.1. The van der Waals surface area contributed by atoms with Crippen molar-refractivity contribution in [2.24, 2.45) is 0 Å². The molecule has 0 fully saturated rings. The molecule has 56 heavy (non-hydrogen) atoms. The SMILES string of the molecule is [2H]C([2H])([2H])c1cccc2c1[N+](c1cc(C(C)(C)C)cc(C(C)(C)C)c1)=C=[N+]2c1cccc(Oc2ccc3c4cc(C#N)ccc4n(-c4cc(C(C)(C)C)ccn4)c3c2)c1. The maximum absolute atomic E-state index is 9.76. The third-order valence-electron chi connectivity index (χ3n) is 10.6. The molecule has 0 unspecified atom stereocenters. The van der Waals surface area contributed by atoms with Gasteiger partial charge < -0.3 is 4.74 Å². The Morgan fingerprint density at radius 1 is 0.661 bits per heavy atom. The first-order valence-corrected chi connectivity index (χ1v) is 19.1. The maximum Gasteiger partial charge on any atom is 0.503 e. The average Bonchev–Trinajstić information content (AvgIpc) is 3.72. The Labute approximate surface area is 334 Å². The third kappa shape index (κ3) is 6.59. The molecule has 0 spiro atoms. The summed E-state index contributed by atoms with van der Waals surface area (Å²) >= 11 is 0. The van der Waals surface area contributed by atoms with Crippen molar-refractivity contribution in [2.75, 3.05) is 0 Å². The summed E-state index contributed by atoms with van der Waals surface area (Å²) in [6, 6.07) is 41.5. The van der Waals surface area contributed by atoms with Crippen molar-refractivity contribution >= 4 is 50.6 Å². The van der Waals surface area contributed by atoms with Gasteiger partial charge in [0.2, 0.25) is 11.4 Å². The Hall–Kier alpha value is -6.28. The van der Waals surface area contributed by atoms with Crippen molar-refractivity contribution in [1.82, 2.24) is 18.7 Å². The molecule has 0 saturated heterocycles. The van der Waals surface area contributed by atoms with Crippen LogP contribution in [0.2, 0.25) is 0 Å². The van der Waals surface area contributed by atoms with E-state index >= 15 is 0 Å². The van der Waals surface area contributed by atoms with Crippen molar-refractivity contribution in [3.05, 3.63) is 143 Å². The first-order valence-electron chi connectivity index (χ1n) is 20.6. The van der Waals surface area contributed by atoms with Crippen molar-refractivity contribution in [2.45, 2.75) is 85.4 Å². The van der Waals surface area contributed by atoms with Gasteiger partial charge >= 0.3 is 11.7 Å². The topological polar surface area (TPSA) is 56.9 Å². The van der Waals surface area contributed by atoms with E-state index in [4.69, 9.17) is 13.8 Å². The number of pyridine rings is 1. The highest BCUT2D eigenvalue weighted by Gasteiger charge is 2.39. The monoisotopic (exact) mass is 738 g/mol. The van der Waals surface area contributed by atoms with Crippen LogP contribution in [0.1, 0.15) is 94.2 Å². The zero-order valence-electron chi connectivity index (χ0n) is 36.6. The number of ether oxygens (including phenoxy) is 1. The first-order chi connectivity index (χ1) is 27.7. The number of nitrogens with zero attached hydrogens (tertiary/aromatic N) is 5. The second kappa shape index (κ2) is 13.2. The molecule has 278 valence electrons. The smallest absolute Gasteiger partial charge is 0.457 e. The average molecular weight is 739 g/mol. The molecule has 1 aliphatic heterocycles. The van der Waals surface area contributed by atoms with Crippen LogP contribution in [0, 0.1) is 18.2 Å². The van der Waals surface area contributed by atoms with E-state index in [2.05, 4.69) is 109 Å². The number of rotatable bonds is 5. The highest BCUT2D eigenvalue weighted by molar-refractivity contribution is 6.10. The van der Waals surface area contributed by atoms with Gasteiger partial charge in [-0.2, -0.15) is 5.26 Å². The number of fused-ring (bicyclic) bond motifs is 4. The van der Waals surface area contributed by atoms with Crippen LogP contribution in [-0.4, -0.2) is 15.6 Å². The van der Waals surface area contributed by atoms with Crippen LogP contribution in [0.3, 0.4) is 0 Å². The van der Waals surface area contributed by atoms with Crippen LogP contribution in [0.25, 0.3) is 27.6 Å². The Kier molecular flexibility index (Phi) is 7.79. The number of nitriles is 1. The molecule has 2 aromatic heterocycles. The molecule has 0 aliphatic carbocycles. The maximum atomic E-state index is 9.76. The first kappa shape index (κ1) is 33.1. The minimum Gasteiger partial charge on any atom is -0.457 e. The highest BCUT2D eigenvalue weighted by atomic mass is 16.5. The fraction of sp³-hybridized carbons (Fsp3) is 0.260. The number of hydrogen-bond donors (Lipinski definition) is 0. The minimum absolute atomic E-state index is 0.0778. The summed E-state index contributed by atoms with van der Waals surface area (Å²) in [6.45, 7) is 17.4. The van der Waals surface area contributed by atoms with Gasteiger partial charge in [-0.05, 0) is 97.5 Å². The lowest BCUT2D eigenvalue weighted by Gasteiger charge is -2.24. The Bertz CT molecular complexity index is 2920. The number of benzene rings is 5. The van der Waals surface area contributed by atoms with Crippen molar-refractivity contribution < 1.29 is 8.85 Å². The van der Waals surface area contributed by atoms with Gasteiger partial charge in [0.15, 0.2) is 0 Å². The van der Waals surface area contributed by atoms with E-state index in [9.17, 15) is 5.26 Å². The summed E-state index contributed by atoms with van der Waals surface area (Å²) in [5.74, 6) is 2.01. The second-order valence-electron chi connectivity index (χ2n) is 17.8. The zero-order chi connectivity index (χ0) is 42.2. The van der Waals surface area contributed by atoms with Gasteiger partial charge in [0.25, 0.3) is 5.69 Å². The van der Waals surface area contributed by atoms with Crippen LogP contribution in [0.5, 0.6) is 11.5 Å². The Balaban J connectivity index is 1.27. The molecular weight excluding hydrogens is 687 g/mol. The molecule has 8 rings (SSSR count). The van der Waals surface area contributed by atoms with Gasteiger partial charge in [-0.25, -0.2) is 4.98 Å². The fourth-order valence-electron chi connectivity index (χ4n) is 7.35. The van der Waals surface area contributed by atoms with E-state index < -0.39 is 6.85 Å². The van der Waals surface area contributed by atoms with Gasteiger partial charge in [-0.1, -0.05) is 86.6 Å². The van der Waals surface area contributed by atoms with E-state index in [1.807, 2.05) is 82.1 Å². The van der Waals surface area contributed by atoms with Crippen LogP contribution >= 0.6 is 0 Å². The summed E-state index contributed by atoms with van der Waals surface area (Å²) in [5, 5.41) is 11.7. The summed E-state index contributed by atoms with van der Waals surface area (Å²) in [7, 11) is 0. The minimum atomic E-state index is -2.36. The van der Waals surface area contributed by atoms with E-state index in [0.29, 0.717) is 28.4 Å². The molecule has 7 aromatic rings. The molecular formula is C50H49N5O+2. The predicted octanol–water partition coefficient (Wildman–Crippen LogP) is 12.9. The molecule has 0 saturated carbocycles. The highest BCUT2D eigenvalue weighted by Crippen LogP contribution is 2.42. The standard InChI is InChI=1S/C50H49N5O/c1-32-13-11-16-44-47(32)54(38-25-35(49(5,6)7)24-36(26-38)50(8,9)10)31-53(44)37-14-12-15-39(28-37)56-40-18-19-41-42-23-33(30-51)17-20-43(42)55(45(41)29-40)46-27-34(21-22-52-46)48(2,3)4/h11-29H,1-10H3/q+2/i1D3. The van der Waals surface area contributed by atoms with Gasteiger partial charge in [0.05, 0.1) is 28.7 Å². The van der Waals surface area contributed by atoms with E-state index in [1.165, 1.54) is 0 Å². The lowest BCUT2D eigenvalue weighted by atomic mass is 9.80. The van der Waals surface area contributed by atoms with Crippen LogP contribution in [-0.2, 0) is 16.2 Å².